The molecule has 0 aromatic heterocycles. The quantitative estimate of drug-likeness (QED) is 0.0500. The molecule has 0 saturated heterocycles. The molecule has 8 atom stereocenters. The predicted octanol–water partition coefficient (Wildman–Crippen LogP) is 3.17. The van der Waals surface area contributed by atoms with Crippen LogP contribution in [-0.2, 0) is 68.0 Å². The summed E-state index contributed by atoms with van der Waals surface area (Å²) in [7, 11) is 2.91. The van der Waals surface area contributed by atoms with Crippen LogP contribution in [0.4, 0.5) is 0 Å². The van der Waals surface area contributed by atoms with E-state index in [4.69, 9.17) is 19.9 Å². The molecule has 0 unspecified atom stereocenters. The first-order chi connectivity index (χ1) is 37.5. The van der Waals surface area contributed by atoms with E-state index >= 15 is 0 Å². The summed E-state index contributed by atoms with van der Waals surface area (Å²) < 4.78 is 17.7. The standard InChI is InChI=1S/C58H83N9O13/c1-29(2)24-41(54(74)62-32(7)50(70)60-28-38-45(79-14)23-21-40-49(38)80-48-37(27-46(68)69)44(78-13)22-20-39(48)58(40,11)12)65-53(73)35(10)63-55(75)42(25-30(3)4)67-56(76)43(26-36-18-16-15-17-19-36)66-52(72)34(9)61-51(71)33(8)64-57(77)47(59)31(5)6/h15-23,29-35,41-43,47H,24-28,59H2,1-14H3,(H,60,70)(H,61,71)(H,62,74)(H,63,75)(H,64,77)(H,65,73)(H,66,72)(H,67,76)(H,68,69)/t32-,33-,34-,35-,41-,42-,43-,47-/m0/s1. The SMILES string of the molecule is COc1ccc2c(c1CNC(=O)[C@H](C)NC(=O)[C@H](CC(C)C)NC(=O)[C@H](C)NC(=O)[C@H](CC(C)C)NC(=O)[C@H](Cc1ccccc1)NC(=O)[C@H](C)NC(=O)[C@H](C)NC(=O)[C@@H](N)C(C)C)Oc1c(ccc(OC)c1CC(=O)O)C2(C)C. The molecule has 22 nitrogen and oxygen atoms in total. The average molecular weight is 1110 g/mol. The Morgan fingerprint density at radius 3 is 1.39 bits per heavy atom. The van der Waals surface area contributed by atoms with Crippen LogP contribution in [0.1, 0.15) is 124 Å². The summed E-state index contributed by atoms with van der Waals surface area (Å²) in [6.07, 6.45) is -0.0699. The molecule has 0 bridgehead atoms. The van der Waals surface area contributed by atoms with Gasteiger partial charge in [-0.25, -0.2) is 0 Å². The summed E-state index contributed by atoms with van der Waals surface area (Å²) in [4.78, 5) is 121. The van der Waals surface area contributed by atoms with Crippen molar-refractivity contribution < 1.29 is 62.5 Å². The Bertz CT molecular complexity index is 2730. The summed E-state index contributed by atoms with van der Waals surface area (Å²) in [5, 5.41) is 31.3. The molecule has 22 heteroatoms. The highest BCUT2D eigenvalue weighted by Gasteiger charge is 2.39. The lowest BCUT2D eigenvalue weighted by atomic mass is 9.74. The van der Waals surface area contributed by atoms with Crippen molar-refractivity contribution in [2.45, 2.75) is 169 Å². The van der Waals surface area contributed by atoms with E-state index < -0.39 is 107 Å². The molecule has 3 aromatic rings. The number of carbonyl (C=O) groups is 9. The Kier molecular flexibility index (Phi) is 23.4. The Hall–Kier alpha value is -7.75. The third-order valence-corrected chi connectivity index (χ3v) is 13.8. The molecule has 0 saturated carbocycles. The first-order valence-electron chi connectivity index (χ1n) is 27.0. The Labute approximate surface area is 468 Å². The van der Waals surface area contributed by atoms with Gasteiger partial charge in [0.15, 0.2) is 0 Å². The molecule has 1 heterocycles. The maximum Gasteiger partial charge on any atom is 0.308 e. The molecule has 1 aliphatic rings. The average Bonchev–Trinajstić information content (AvgIpc) is 3.56. The van der Waals surface area contributed by atoms with Gasteiger partial charge in [0.05, 0.1) is 38.8 Å². The number of methoxy groups -OCH3 is 2. The number of carboxylic acid groups (broad SMARTS) is 1. The topological polar surface area (TPSA) is 324 Å². The van der Waals surface area contributed by atoms with Crippen molar-refractivity contribution in [3.05, 3.63) is 82.4 Å². The van der Waals surface area contributed by atoms with E-state index in [9.17, 15) is 48.3 Å². The van der Waals surface area contributed by atoms with E-state index in [1.165, 1.54) is 41.9 Å². The van der Waals surface area contributed by atoms with Crippen LogP contribution in [0.3, 0.4) is 0 Å². The largest absolute Gasteiger partial charge is 0.496 e. The molecule has 0 fully saturated rings. The van der Waals surface area contributed by atoms with E-state index in [-0.39, 0.29) is 50.0 Å². The minimum Gasteiger partial charge on any atom is -0.496 e. The molecule has 11 N–H and O–H groups in total. The fraction of sp³-hybridized carbons (Fsp3) is 0.534. The number of nitrogens with two attached hydrogens (primary N) is 1. The maximum absolute atomic E-state index is 14.1. The number of aliphatic carboxylic acids is 1. The summed E-state index contributed by atoms with van der Waals surface area (Å²) in [5.74, 6) is -5.39. The van der Waals surface area contributed by atoms with E-state index in [2.05, 4.69) is 42.5 Å². The molecule has 0 radical (unpaired) electrons. The molecule has 438 valence electrons. The number of carboxylic acids is 1. The van der Waals surface area contributed by atoms with Crippen LogP contribution in [0.15, 0.2) is 54.6 Å². The van der Waals surface area contributed by atoms with E-state index in [1.54, 1.807) is 56.3 Å². The summed E-state index contributed by atoms with van der Waals surface area (Å²) in [5.41, 5.74) is 8.23. The number of benzene rings is 3. The van der Waals surface area contributed by atoms with E-state index in [0.29, 0.717) is 39.7 Å². The van der Waals surface area contributed by atoms with Gasteiger partial charge in [0.2, 0.25) is 47.3 Å². The summed E-state index contributed by atoms with van der Waals surface area (Å²) in [6.45, 7) is 20.5. The number of rotatable bonds is 28. The van der Waals surface area contributed by atoms with Gasteiger partial charge in [0.25, 0.3) is 0 Å². The molecule has 4 rings (SSSR count). The molecular weight excluding hydrogens is 1030 g/mol. The molecule has 3 aromatic carbocycles. The monoisotopic (exact) mass is 1110 g/mol. The van der Waals surface area contributed by atoms with Crippen molar-refractivity contribution in [2.24, 2.45) is 23.5 Å². The van der Waals surface area contributed by atoms with Gasteiger partial charge in [-0.15, -0.1) is 0 Å². The van der Waals surface area contributed by atoms with Crippen LogP contribution in [0, 0.1) is 17.8 Å². The minimum atomic E-state index is -1.23. The van der Waals surface area contributed by atoms with Crippen LogP contribution in [0.25, 0.3) is 0 Å². The predicted molar refractivity (Wildman–Crippen MR) is 299 cm³/mol. The van der Waals surface area contributed by atoms with Gasteiger partial charge in [0.1, 0.15) is 65.3 Å². The maximum atomic E-state index is 14.1. The number of ether oxygens (including phenoxy) is 3. The highest BCUT2D eigenvalue weighted by atomic mass is 16.5. The smallest absolute Gasteiger partial charge is 0.308 e. The van der Waals surface area contributed by atoms with E-state index in [1.807, 2.05) is 53.7 Å². The van der Waals surface area contributed by atoms with Crippen LogP contribution >= 0.6 is 0 Å². The van der Waals surface area contributed by atoms with Gasteiger partial charge in [-0.2, -0.15) is 0 Å². The zero-order valence-corrected chi connectivity index (χ0v) is 48.5. The van der Waals surface area contributed by atoms with Gasteiger partial charge in [-0.3, -0.25) is 43.2 Å². The molecule has 8 amide bonds. The number of fused-ring (bicyclic) bond motifs is 2. The minimum absolute atomic E-state index is 0.00802. The Morgan fingerprint density at radius 2 is 0.925 bits per heavy atom. The number of amides is 8. The fourth-order valence-corrected chi connectivity index (χ4v) is 9.05. The van der Waals surface area contributed by atoms with Crippen molar-refractivity contribution in [3.63, 3.8) is 0 Å². The second kappa shape index (κ2) is 28.9. The molecular formula is C58H83N9O13. The first-order valence-corrected chi connectivity index (χ1v) is 27.0. The lowest BCUT2D eigenvalue weighted by Gasteiger charge is -2.37. The Morgan fingerprint density at radius 1 is 0.525 bits per heavy atom. The lowest BCUT2D eigenvalue weighted by molar-refractivity contribution is -0.136. The van der Waals surface area contributed by atoms with Gasteiger partial charge in [0, 0.05) is 28.5 Å². The number of hydrogen-bond acceptors (Lipinski definition) is 13. The number of hydrogen-bond donors (Lipinski definition) is 10. The van der Waals surface area contributed by atoms with Crippen molar-refractivity contribution in [1.82, 2.24) is 42.5 Å². The highest BCUT2D eigenvalue weighted by Crippen LogP contribution is 2.53. The second-order valence-corrected chi connectivity index (χ2v) is 22.1. The normalized spacial score (nSPS) is 15.3. The fourth-order valence-electron chi connectivity index (χ4n) is 9.05. The zero-order valence-electron chi connectivity index (χ0n) is 48.5. The first kappa shape index (κ1) is 64.8. The van der Waals surface area contributed by atoms with Gasteiger partial charge in [-0.05, 0) is 76.0 Å². The molecule has 80 heavy (non-hydrogen) atoms. The van der Waals surface area contributed by atoms with Crippen molar-refractivity contribution in [3.8, 4) is 23.0 Å². The van der Waals surface area contributed by atoms with Crippen LogP contribution < -0.4 is 62.5 Å². The van der Waals surface area contributed by atoms with Crippen molar-refractivity contribution >= 4 is 53.2 Å². The van der Waals surface area contributed by atoms with Crippen LogP contribution in [0.5, 0.6) is 23.0 Å². The van der Waals surface area contributed by atoms with Crippen molar-refractivity contribution in [2.75, 3.05) is 14.2 Å². The number of nitrogens with one attached hydrogen (secondary N) is 8. The summed E-state index contributed by atoms with van der Waals surface area (Å²) in [6, 6.07) is 7.05. The van der Waals surface area contributed by atoms with Crippen LogP contribution in [-0.4, -0.2) is 121 Å². The second-order valence-electron chi connectivity index (χ2n) is 22.1. The van der Waals surface area contributed by atoms with E-state index in [0.717, 1.165) is 11.1 Å². The molecule has 1 aliphatic heterocycles. The Balaban J connectivity index is 1.44. The van der Waals surface area contributed by atoms with Gasteiger partial charge in [-0.1, -0.05) is 97.9 Å². The van der Waals surface area contributed by atoms with Gasteiger partial charge >= 0.3 is 5.97 Å². The third-order valence-electron chi connectivity index (χ3n) is 13.8. The lowest BCUT2D eigenvalue weighted by Crippen LogP contribution is -2.60. The van der Waals surface area contributed by atoms with Crippen LogP contribution in [0.2, 0.25) is 0 Å². The summed E-state index contributed by atoms with van der Waals surface area (Å²) >= 11 is 0. The van der Waals surface area contributed by atoms with Gasteiger partial charge < -0.3 is 67.6 Å². The third kappa shape index (κ3) is 17.4. The highest BCUT2D eigenvalue weighted by molar-refractivity contribution is 5.97. The van der Waals surface area contributed by atoms with Crippen molar-refractivity contribution in [1.29, 1.82) is 0 Å². The molecule has 0 aliphatic carbocycles. The molecule has 0 spiro atoms. The zero-order chi connectivity index (χ0) is 59.9. The number of carbonyl (C=O) groups excluding carboxylic acids is 8.